The zero-order chi connectivity index (χ0) is 14.8. The molecule has 1 unspecified atom stereocenters. The minimum absolute atomic E-state index is 0.0442. The summed E-state index contributed by atoms with van der Waals surface area (Å²) < 4.78 is 0. The van der Waals surface area contributed by atoms with Gasteiger partial charge in [0.15, 0.2) is 0 Å². The topological polar surface area (TPSA) is 29.3 Å². The van der Waals surface area contributed by atoms with Crippen molar-refractivity contribution in [2.24, 2.45) is 5.73 Å². The summed E-state index contributed by atoms with van der Waals surface area (Å²) in [5.41, 5.74) is 11.1. The average molecular weight is 274 g/mol. The van der Waals surface area contributed by atoms with E-state index in [1.165, 1.54) is 24.8 Å². The van der Waals surface area contributed by atoms with Crippen LogP contribution < -0.4 is 5.73 Å². The largest absolute Gasteiger partial charge is 0.326 e. The first-order chi connectivity index (χ1) is 9.48. The molecule has 1 aromatic carbocycles. The summed E-state index contributed by atoms with van der Waals surface area (Å²) >= 11 is 0. The van der Waals surface area contributed by atoms with E-state index in [-0.39, 0.29) is 11.6 Å². The maximum Gasteiger partial charge on any atom is 0.0307 e. The van der Waals surface area contributed by atoms with Gasteiger partial charge in [0, 0.05) is 11.6 Å². The quantitative estimate of drug-likeness (QED) is 0.863. The Morgan fingerprint density at radius 3 is 2.45 bits per heavy atom. The molecule has 0 bridgehead atoms. The number of benzene rings is 1. The molecule has 0 aromatic heterocycles. The first-order valence-electron chi connectivity index (χ1n) is 8.10. The lowest BCUT2D eigenvalue weighted by atomic mass is 9.87. The van der Waals surface area contributed by atoms with Gasteiger partial charge < -0.3 is 5.73 Å². The molecule has 0 fully saturated rings. The number of aryl methyl sites for hydroxylation is 2. The van der Waals surface area contributed by atoms with E-state index in [4.69, 9.17) is 5.73 Å². The van der Waals surface area contributed by atoms with E-state index in [0.717, 1.165) is 19.5 Å². The van der Waals surface area contributed by atoms with Gasteiger partial charge in [-0.1, -0.05) is 32.0 Å². The maximum absolute atomic E-state index is 6.54. The molecule has 2 N–H and O–H groups in total. The predicted molar refractivity (Wildman–Crippen MR) is 87.1 cm³/mol. The molecule has 0 saturated carbocycles. The summed E-state index contributed by atoms with van der Waals surface area (Å²) in [6, 6.07) is 7.15. The van der Waals surface area contributed by atoms with Gasteiger partial charge in [0.2, 0.25) is 0 Å². The van der Waals surface area contributed by atoms with Gasteiger partial charge in [-0.15, -0.1) is 0 Å². The molecule has 0 heterocycles. The molecule has 1 aliphatic carbocycles. The van der Waals surface area contributed by atoms with Crippen LogP contribution in [0.1, 0.15) is 50.8 Å². The van der Waals surface area contributed by atoms with Crippen LogP contribution >= 0.6 is 0 Å². The van der Waals surface area contributed by atoms with E-state index in [0.29, 0.717) is 0 Å². The first kappa shape index (κ1) is 15.5. The molecule has 0 radical (unpaired) electrons. The second-order valence-electron chi connectivity index (χ2n) is 6.59. The van der Waals surface area contributed by atoms with Gasteiger partial charge in [0.1, 0.15) is 0 Å². The second-order valence-corrected chi connectivity index (χ2v) is 6.59. The van der Waals surface area contributed by atoms with E-state index in [1.807, 2.05) is 0 Å². The Hall–Kier alpha value is -0.860. The van der Waals surface area contributed by atoms with Crippen LogP contribution in [0.4, 0.5) is 0 Å². The summed E-state index contributed by atoms with van der Waals surface area (Å²) in [5, 5.41) is 0. The molecule has 1 atom stereocenters. The lowest BCUT2D eigenvalue weighted by Crippen LogP contribution is -2.56. The van der Waals surface area contributed by atoms with Gasteiger partial charge in [-0.2, -0.15) is 0 Å². The number of likely N-dealkylation sites (N-methyl/N-ethyl adjacent to an activating group) is 1. The van der Waals surface area contributed by atoms with Crippen molar-refractivity contribution in [2.45, 2.75) is 65.0 Å². The molecule has 112 valence electrons. The van der Waals surface area contributed by atoms with Crippen molar-refractivity contribution in [1.82, 2.24) is 4.90 Å². The summed E-state index contributed by atoms with van der Waals surface area (Å²) in [4.78, 5) is 2.46. The van der Waals surface area contributed by atoms with E-state index in [9.17, 15) is 0 Å². The van der Waals surface area contributed by atoms with Crippen molar-refractivity contribution in [2.75, 3.05) is 13.1 Å². The third-order valence-electron chi connectivity index (χ3n) is 5.10. The summed E-state index contributed by atoms with van der Waals surface area (Å²) in [5.74, 6) is 0. The molecule has 2 rings (SSSR count). The van der Waals surface area contributed by atoms with E-state index < -0.39 is 0 Å². The molecule has 1 aromatic rings. The van der Waals surface area contributed by atoms with E-state index >= 15 is 0 Å². The van der Waals surface area contributed by atoms with Crippen molar-refractivity contribution in [1.29, 1.82) is 0 Å². The van der Waals surface area contributed by atoms with Crippen molar-refractivity contribution in [3.8, 4) is 0 Å². The third-order valence-corrected chi connectivity index (χ3v) is 5.10. The summed E-state index contributed by atoms with van der Waals surface area (Å²) in [6.45, 7) is 11.1. The van der Waals surface area contributed by atoms with Crippen molar-refractivity contribution >= 4 is 0 Å². The lowest BCUT2D eigenvalue weighted by Gasteiger charge is -2.42. The fourth-order valence-corrected chi connectivity index (χ4v) is 3.53. The van der Waals surface area contributed by atoms with Crippen molar-refractivity contribution < 1.29 is 0 Å². The Morgan fingerprint density at radius 1 is 1.15 bits per heavy atom. The smallest absolute Gasteiger partial charge is 0.0307 e. The maximum atomic E-state index is 6.54. The number of nitrogens with two attached hydrogens (primary N) is 1. The van der Waals surface area contributed by atoms with Crippen LogP contribution in [0.3, 0.4) is 0 Å². The average Bonchev–Trinajstić information content (AvgIpc) is 2.87. The highest BCUT2D eigenvalue weighted by molar-refractivity contribution is 5.35. The molecule has 0 aliphatic heterocycles. The molecule has 0 saturated heterocycles. The molecule has 2 heteroatoms. The zero-order valence-corrected chi connectivity index (χ0v) is 13.6. The number of hydrogen-bond acceptors (Lipinski definition) is 2. The van der Waals surface area contributed by atoms with Gasteiger partial charge in [-0.05, 0) is 69.3 Å². The lowest BCUT2D eigenvalue weighted by molar-refractivity contribution is 0.106. The summed E-state index contributed by atoms with van der Waals surface area (Å²) in [6.07, 6.45) is 4.79. The van der Waals surface area contributed by atoms with E-state index in [1.54, 1.807) is 11.1 Å². The number of fused-ring (bicyclic) bond motifs is 1. The van der Waals surface area contributed by atoms with Crippen LogP contribution in [0.25, 0.3) is 0 Å². The SMILES string of the molecule is CCN(CC)C(C)(C)C(N)Cc1ccc2c(c1)CCC2. The normalized spacial score (nSPS) is 16.5. The minimum atomic E-state index is 0.0442. The van der Waals surface area contributed by atoms with Gasteiger partial charge in [0.05, 0.1) is 0 Å². The van der Waals surface area contributed by atoms with Crippen LogP contribution in [0.5, 0.6) is 0 Å². The Bertz CT molecular complexity index is 447. The summed E-state index contributed by atoms with van der Waals surface area (Å²) in [7, 11) is 0. The van der Waals surface area contributed by atoms with Crippen molar-refractivity contribution in [3.05, 3.63) is 34.9 Å². The standard InChI is InChI=1S/C18H30N2/c1-5-20(6-2)18(3,4)17(19)13-14-10-11-15-8-7-9-16(15)12-14/h10-12,17H,5-9,13,19H2,1-4H3. The number of rotatable bonds is 6. The first-order valence-corrected chi connectivity index (χ1v) is 8.10. The minimum Gasteiger partial charge on any atom is -0.326 e. The van der Waals surface area contributed by atoms with Gasteiger partial charge >= 0.3 is 0 Å². The van der Waals surface area contributed by atoms with Crippen LogP contribution in [-0.4, -0.2) is 29.6 Å². The molecular formula is C18H30N2. The molecule has 0 amide bonds. The van der Waals surface area contributed by atoms with Crippen LogP contribution in [0.15, 0.2) is 18.2 Å². The monoisotopic (exact) mass is 274 g/mol. The molecule has 2 nitrogen and oxygen atoms in total. The van der Waals surface area contributed by atoms with Crippen LogP contribution in [0.2, 0.25) is 0 Å². The highest BCUT2D eigenvalue weighted by atomic mass is 15.2. The van der Waals surface area contributed by atoms with Gasteiger partial charge in [-0.3, -0.25) is 4.90 Å². The fourth-order valence-electron chi connectivity index (χ4n) is 3.53. The molecular weight excluding hydrogens is 244 g/mol. The molecule has 0 spiro atoms. The number of hydrogen-bond donors (Lipinski definition) is 1. The highest BCUT2D eigenvalue weighted by Crippen LogP contribution is 2.25. The highest BCUT2D eigenvalue weighted by Gasteiger charge is 2.31. The fraction of sp³-hybridized carbons (Fsp3) is 0.667. The Morgan fingerprint density at radius 2 is 1.80 bits per heavy atom. The Labute approximate surface area is 124 Å². The van der Waals surface area contributed by atoms with Crippen molar-refractivity contribution in [3.63, 3.8) is 0 Å². The predicted octanol–water partition coefficient (Wildman–Crippen LogP) is 3.17. The van der Waals surface area contributed by atoms with Gasteiger partial charge in [0.25, 0.3) is 0 Å². The Balaban J connectivity index is 2.09. The second kappa shape index (κ2) is 6.28. The molecule has 20 heavy (non-hydrogen) atoms. The molecule has 1 aliphatic rings. The Kier molecular flexibility index (Phi) is 4.87. The third kappa shape index (κ3) is 3.07. The zero-order valence-electron chi connectivity index (χ0n) is 13.6. The van der Waals surface area contributed by atoms with Crippen LogP contribution in [-0.2, 0) is 19.3 Å². The van der Waals surface area contributed by atoms with Crippen LogP contribution in [0, 0.1) is 0 Å². The number of nitrogens with zero attached hydrogens (tertiary/aromatic N) is 1. The van der Waals surface area contributed by atoms with Gasteiger partial charge in [-0.25, -0.2) is 0 Å². The van der Waals surface area contributed by atoms with E-state index in [2.05, 4.69) is 50.8 Å².